The zero-order valence-electron chi connectivity index (χ0n) is 10.5. The first-order valence-electron chi connectivity index (χ1n) is 5.56. The van der Waals surface area contributed by atoms with Gasteiger partial charge in [-0.25, -0.2) is 4.98 Å². The summed E-state index contributed by atoms with van der Waals surface area (Å²) in [5.41, 5.74) is 4.80. The van der Waals surface area contributed by atoms with Crippen LogP contribution in [-0.2, 0) is 4.79 Å². The number of benzene rings is 1. The van der Waals surface area contributed by atoms with Crippen LogP contribution in [0, 0.1) is 18.3 Å². The minimum absolute atomic E-state index is 0.233. The molecule has 1 amide bonds. The Labute approximate surface area is 109 Å². The lowest BCUT2D eigenvalue weighted by atomic mass is 10.3. The molecule has 0 aliphatic heterocycles. The smallest absolute Gasteiger partial charge is 0.282 e. The minimum atomic E-state index is -0.534. The molecule has 7 nitrogen and oxygen atoms in total. The molecule has 7 heteroatoms. The number of hydrazone groups is 1. The summed E-state index contributed by atoms with van der Waals surface area (Å²) in [7, 11) is 1.44. The van der Waals surface area contributed by atoms with Crippen LogP contribution in [0.25, 0.3) is 11.0 Å². The van der Waals surface area contributed by atoms with Crippen LogP contribution < -0.4 is 10.7 Å². The maximum absolute atomic E-state index is 11.3. The van der Waals surface area contributed by atoms with E-state index >= 15 is 0 Å². The summed E-state index contributed by atoms with van der Waals surface area (Å²) in [5.74, 6) is 0.284. The Morgan fingerprint density at radius 1 is 1.53 bits per heavy atom. The van der Waals surface area contributed by atoms with E-state index in [1.165, 1.54) is 7.05 Å². The molecule has 3 N–H and O–H groups in total. The first-order valence-corrected chi connectivity index (χ1v) is 5.56. The number of fused-ring (bicyclic) bond motifs is 1. The quantitative estimate of drug-likeness (QED) is 0.560. The van der Waals surface area contributed by atoms with Gasteiger partial charge < -0.3 is 10.3 Å². The molecule has 1 heterocycles. The number of aromatic amines is 1. The van der Waals surface area contributed by atoms with Gasteiger partial charge in [0.15, 0.2) is 0 Å². The second kappa shape index (κ2) is 5.18. The molecule has 2 rings (SSSR count). The Kier molecular flexibility index (Phi) is 3.43. The molecule has 0 saturated heterocycles. The number of amides is 1. The normalized spacial score (nSPS) is 11.1. The summed E-state index contributed by atoms with van der Waals surface area (Å²) in [6, 6.07) is 7.11. The Bertz CT molecular complexity index is 694. The van der Waals surface area contributed by atoms with Crippen molar-refractivity contribution in [2.75, 3.05) is 12.5 Å². The van der Waals surface area contributed by atoms with E-state index in [9.17, 15) is 4.79 Å². The molecule has 0 aliphatic rings. The second-order valence-corrected chi connectivity index (χ2v) is 3.82. The number of hydrogen-bond acceptors (Lipinski definition) is 5. The highest BCUT2D eigenvalue weighted by Gasteiger charge is 2.08. The average Bonchev–Trinajstić information content (AvgIpc) is 2.78. The van der Waals surface area contributed by atoms with Crippen LogP contribution in [0.2, 0.25) is 0 Å². The lowest BCUT2D eigenvalue weighted by molar-refractivity contribution is -0.114. The lowest BCUT2D eigenvalue weighted by Gasteiger charge is -2.01. The van der Waals surface area contributed by atoms with Crippen molar-refractivity contribution >= 4 is 28.3 Å². The topological polar surface area (TPSA) is 106 Å². The van der Waals surface area contributed by atoms with Gasteiger partial charge in [-0.3, -0.25) is 10.2 Å². The summed E-state index contributed by atoms with van der Waals surface area (Å²) in [5, 5.41) is 14.9. The van der Waals surface area contributed by atoms with Gasteiger partial charge >= 0.3 is 0 Å². The Morgan fingerprint density at radius 3 is 3.00 bits per heavy atom. The van der Waals surface area contributed by atoms with Crippen molar-refractivity contribution in [2.45, 2.75) is 6.92 Å². The minimum Gasteiger partial charge on any atom is -0.353 e. The molecule has 96 valence electrons. The number of nitrogens with zero attached hydrogens (tertiary/aromatic N) is 3. The van der Waals surface area contributed by atoms with Crippen LogP contribution in [0.15, 0.2) is 23.3 Å². The van der Waals surface area contributed by atoms with Gasteiger partial charge in [-0.2, -0.15) is 10.4 Å². The highest BCUT2D eigenvalue weighted by molar-refractivity contribution is 6.45. The highest BCUT2D eigenvalue weighted by atomic mass is 16.1. The number of anilines is 1. The third kappa shape index (κ3) is 2.69. The molecule has 1 aromatic carbocycles. The maximum Gasteiger partial charge on any atom is 0.282 e. The van der Waals surface area contributed by atoms with Crippen molar-refractivity contribution in [1.82, 2.24) is 15.3 Å². The van der Waals surface area contributed by atoms with Crippen molar-refractivity contribution in [3.63, 3.8) is 0 Å². The fraction of sp³-hybridized carbons (Fsp3) is 0.167. The number of nitriles is 1. The molecule has 19 heavy (non-hydrogen) atoms. The number of aromatic nitrogens is 2. The molecule has 0 radical (unpaired) electrons. The molecule has 0 spiro atoms. The van der Waals surface area contributed by atoms with Crippen molar-refractivity contribution in [3.8, 4) is 6.07 Å². The van der Waals surface area contributed by atoms with E-state index in [-0.39, 0.29) is 5.71 Å². The van der Waals surface area contributed by atoms with Gasteiger partial charge in [-0.1, -0.05) is 0 Å². The molecule has 0 aliphatic carbocycles. The third-order valence-corrected chi connectivity index (χ3v) is 2.45. The van der Waals surface area contributed by atoms with Gasteiger partial charge in [0.25, 0.3) is 5.91 Å². The van der Waals surface area contributed by atoms with Crippen molar-refractivity contribution in [1.29, 1.82) is 5.26 Å². The van der Waals surface area contributed by atoms with Crippen LogP contribution in [0.4, 0.5) is 5.69 Å². The van der Waals surface area contributed by atoms with Crippen LogP contribution >= 0.6 is 0 Å². The van der Waals surface area contributed by atoms with E-state index in [4.69, 9.17) is 5.26 Å². The molecular weight excluding hydrogens is 244 g/mol. The van der Waals surface area contributed by atoms with Gasteiger partial charge in [-0.15, -0.1) is 0 Å². The summed E-state index contributed by atoms with van der Waals surface area (Å²) in [4.78, 5) is 18.6. The zero-order valence-corrected chi connectivity index (χ0v) is 10.5. The Hall–Kier alpha value is -2.88. The molecule has 2 aromatic rings. The third-order valence-electron chi connectivity index (χ3n) is 2.45. The predicted molar refractivity (Wildman–Crippen MR) is 71.6 cm³/mol. The predicted octanol–water partition coefficient (Wildman–Crippen LogP) is 0.909. The lowest BCUT2D eigenvalue weighted by Crippen LogP contribution is -2.27. The Balaban J connectivity index is 2.24. The number of aryl methyl sites for hydroxylation is 1. The summed E-state index contributed by atoms with van der Waals surface area (Å²) in [6.45, 7) is 1.87. The van der Waals surface area contributed by atoms with Gasteiger partial charge in [0.2, 0.25) is 5.71 Å². The molecule has 1 aromatic heterocycles. The first-order chi connectivity index (χ1) is 9.13. The molecular formula is C12H12N6O. The largest absolute Gasteiger partial charge is 0.353 e. The number of carbonyl (C=O) groups is 1. The van der Waals surface area contributed by atoms with E-state index < -0.39 is 5.91 Å². The molecule has 0 bridgehead atoms. The fourth-order valence-corrected chi connectivity index (χ4v) is 1.57. The zero-order chi connectivity index (χ0) is 13.8. The number of hydrogen-bond donors (Lipinski definition) is 3. The molecule has 0 atom stereocenters. The molecule has 0 fully saturated rings. The first kappa shape index (κ1) is 12.6. The van der Waals surface area contributed by atoms with E-state index in [1.54, 1.807) is 18.2 Å². The summed E-state index contributed by atoms with van der Waals surface area (Å²) >= 11 is 0. The van der Waals surface area contributed by atoms with E-state index in [2.05, 4.69) is 25.8 Å². The van der Waals surface area contributed by atoms with Gasteiger partial charge in [0.1, 0.15) is 11.9 Å². The summed E-state index contributed by atoms with van der Waals surface area (Å²) in [6.07, 6.45) is 0. The average molecular weight is 256 g/mol. The number of carbonyl (C=O) groups excluding carboxylic acids is 1. The van der Waals surface area contributed by atoms with Crippen LogP contribution in [0.3, 0.4) is 0 Å². The van der Waals surface area contributed by atoms with E-state index in [1.807, 2.05) is 13.0 Å². The Morgan fingerprint density at radius 2 is 2.32 bits per heavy atom. The number of H-pyrrole nitrogens is 1. The van der Waals surface area contributed by atoms with Gasteiger partial charge in [0, 0.05) is 7.05 Å². The number of imidazole rings is 1. The molecule has 0 saturated carbocycles. The number of rotatable bonds is 3. The fourth-order valence-electron chi connectivity index (χ4n) is 1.57. The molecule has 0 unspecified atom stereocenters. The maximum atomic E-state index is 11.3. The summed E-state index contributed by atoms with van der Waals surface area (Å²) < 4.78 is 0. The van der Waals surface area contributed by atoms with Gasteiger partial charge in [0.05, 0.1) is 16.7 Å². The van der Waals surface area contributed by atoms with E-state index in [0.29, 0.717) is 5.69 Å². The van der Waals surface area contributed by atoms with Crippen LogP contribution in [-0.4, -0.2) is 28.6 Å². The highest BCUT2D eigenvalue weighted by Crippen LogP contribution is 2.16. The standard InChI is InChI=1S/C12H12N6O/c1-7-15-9-4-3-8(5-10(9)16-7)17-18-11(6-13)12(19)14-2/h3-5,17H,1-2H3,(H,14,19)(H,15,16)/b18-11+. The van der Waals surface area contributed by atoms with Crippen molar-refractivity contribution < 1.29 is 4.79 Å². The second-order valence-electron chi connectivity index (χ2n) is 3.82. The van der Waals surface area contributed by atoms with Gasteiger partial charge in [-0.05, 0) is 25.1 Å². The van der Waals surface area contributed by atoms with Crippen molar-refractivity contribution in [2.24, 2.45) is 5.10 Å². The SMILES string of the molecule is CNC(=O)/C(C#N)=N/Nc1ccc2nc(C)[nH]c2c1. The number of nitrogens with one attached hydrogen (secondary N) is 3. The van der Waals surface area contributed by atoms with Crippen molar-refractivity contribution in [3.05, 3.63) is 24.0 Å². The monoisotopic (exact) mass is 256 g/mol. The van der Waals surface area contributed by atoms with E-state index in [0.717, 1.165) is 16.9 Å². The van der Waals surface area contributed by atoms with Crippen LogP contribution in [0.1, 0.15) is 5.82 Å². The van der Waals surface area contributed by atoms with Crippen LogP contribution in [0.5, 0.6) is 0 Å².